The SMILES string of the molecule is Cc1cccc(NC(=O)C2CC2C(=O)N(C)C2CCS(=O)(=O)C2)c1. The fourth-order valence-electron chi connectivity index (χ4n) is 3.24. The third-order valence-corrected chi connectivity index (χ3v) is 6.58. The summed E-state index contributed by atoms with van der Waals surface area (Å²) >= 11 is 0. The van der Waals surface area contributed by atoms with E-state index >= 15 is 0 Å². The van der Waals surface area contributed by atoms with Gasteiger partial charge in [-0.15, -0.1) is 0 Å². The Kier molecular flexibility index (Phi) is 4.38. The number of hydrogen-bond acceptors (Lipinski definition) is 4. The molecule has 0 aromatic heterocycles. The van der Waals surface area contributed by atoms with E-state index in [1.54, 1.807) is 7.05 Å². The van der Waals surface area contributed by atoms with Crippen molar-refractivity contribution in [2.24, 2.45) is 11.8 Å². The van der Waals surface area contributed by atoms with Crippen molar-refractivity contribution in [3.63, 3.8) is 0 Å². The van der Waals surface area contributed by atoms with Crippen LogP contribution >= 0.6 is 0 Å². The molecule has 1 aliphatic carbocycles. The summed E-state index contributed by atoms with van der Waals surface area (Å²) in [5, 5.41) is 2.85. The number of aryl methyl sites for hydroxylation is 1. The van der Waals surface area contributed by atoms with Gasteiger partial charge in [0.15, 0.2) is 9.84 Å². The highest BCUT2D eigenvalue weighted by Crippen LogP contribution is 2.41. The van der Waals surface area contributed by atoms with E-state index in [4.69, 9.17) is 0 Å². The zero-order chi connectivity index (χ0) is 17.5. The first kappa shape index (κ1) is 17.0. The molecule has 2 aliphatic rings. The molecular formula is C17H22N2O4S. The summed E-state index contributed by atoms with van der Waals surface area (Å²) in [6.45, 7) is 1.95. The Hall–Kier alpha value is -1.89. The van der Waals surface area contributed by atoms with Gasteiger partial charge in [0.1, 0.15) is 0 Å². The summed E-state index contributed by atoms with van der Waals surface area (Å²) in [5.41, 5.74) is 1.78. The number of amides is 2. The maximum Gasteiger partial charge on any atom is 0.228 e. The van der Waals surface area contributed by atoms with E-state index in [1.165, 1.54) is 4.90 Å². The minimum atomic E-state index is -3.03. The molecule has 3 unspecified atom stereocenters. The van der Waals surface area contributed by atoms with Crippen LogP contribution in [0.3, 0.4) is 0 Å². The maximum absolute atomic E-state index is 12.5. The lowest BCUT2D eigenvalue weighted by Crippen LogP contribution is -2.39. The average Bonchev–Trinajstić information content (AvgIpc) is 3.23. The third kappa shape index (κ3) is 3.61. The Bertz CT molecular complexity index is 775. The lowest BCUT2D eigenvalue weighted by molar-refractivity contribution is -0.134. The van der Waals surface area contributed by atoms with E-state index in [0.717, 1.165) is 11.3 Å². The molecule has 3 rings (SSSR count). The molecule has 1 aromatic rings. The van der Waals surface area contributed by atoms with E-state index < -0.39 is 9.84 Å². The molecule has 0 spiro atoms. The first-order valence-electron chi connectivity index (χ1n) is 8.11. The Morgan fingerprint density at radius 3 is 2.62 bits per heavy atom. The molecule has 3 atom stereocenters. The monoisotopic (exact) mass is 350 g/mol. The molecule has 1 aromatic carbocycles. The summed E-state index contributed by atoms with van der Waals surface area (Å²) in [6.07, 6.45) is 1.01. The van der Waals surface area contributed by atoms with Crippen LogP contribution in [0.25, 0.3) is 0 Å². The van der Waals surface area contributed by atoms with Gasteiger partial charge in [-0.1, -0.05) is 12.1 Å². The second kappa shape index (κ2) is 6.20. The summed E-state index contributed by atoms with van der Waals surface area (Å²) < 4.78 is 23.1. The zero-order valence-electron chi connectivity index (χ0n) is 13.9. The van der Waals surface area contributed by atoms with Gasteiger partial charge < -0.3 is 10.2 Å². The molecular weight excluding hydrogens is 328 g/mol. The number of carbonyl (C=O) groups excluding carboxylic acids is 2. The van der Waals surface area contributed by atoms with Crippen molar-refractivity contribution < 1.29 is 18.0 Å². The van der Waals surface area contributed by atoms with Crippen molar-refractivity contribution in [1.82, 2.24) is 4.90 Å². The van der Waals surface area contributed by atoms with Gasteiger partial charge in [-0.3, -0.25) is 9.59 Å². The van der Waals surface area contributed by atoms with Gasteiger partial charge in [-0.25, -0.2) is 8.42 Å². The van der Waals surface area contributed by atoms with Gasteiger partial charge >= 0.3 is 0 Å². The summed E-state index contributed by atoms with van der Waals surface area (Å²) in [6, 6.07) is 7.26. The molecule has 2 amide bonds. The predicted molar refractivity (Wildman–Crippen MR) is 91.2 cm³/mol. The number of sulfone groups is 1. The van der Waals surface area contributed by atoms with Crippen LogP contribution in [-0.2, 0) is 19.4 Å². The zero-order valence-corrected chi connectivity index (χ0v) is 14.7. The minimum absolute atomic E-state index is 0.0299. The van der Waals surface area contributed by atoms with Crippen molar-refractivity contribution in [1.29, 1.82) is 0 Å². The average molecular weight is 350 g/mol. The Morgan fingerprint density at radius 2 is 2.00 bits per heavy atom. The van der Waals surface area contributed by atoms with Gasteiger partial charge in [0.05, 0.1) is 23.3 Å². The molecule has 0 bridgehead atoms. The van der Waals surface area contributed by atoms with Gasteiger partial charge in [0, 0.05) is 18.8 Å². The molecule has 1 aliphatic heterocycles. The second-order valence-corrected chi connectivity index (χ2v) is 9.04. The molecule has 7 heteroatoms. The lowest BCUT2D eigenvalue weighted by Gasteiger charge is -2.23. The van der Waals surface area contributed by atoms with Crippen LogP contribution in [0, 0.1) is 18.8 Å². The third-order valence-electron chi connectivity index (χ3n) is 4.83. The normalized spacial score (nSPS) is 27.5. The molecule has 1 heterocycles. The van der Waals surface area contributed by atoms with Crippen molar-refractivity contribution in [3.8, 4) is 0 Å². The van der Waals surface area contributed by atoms with E-state index in [0.29, 0.717) is 12.8 Å². The molecule has 1 saturated heterocycles. The summed E-state index contributed by atoms with van der Waals surface area (Å²) in [5.74, 6) is -0.756. The molecule has 0 radical (unpaired) electrons. The van der Waals surface area contributed by atoms with E-state index in [2.05, 4.69) is 5.32 Å². The quantitative estimate of drug-likeness (QED) is 0.885. The highest BCUT2D eigenvalue weighted by molar-refractivity contribution is 7.91. The number of anilines is 1. The fourth-order valence-corrected chi connectivity index (χ4v) is 5.01. The largest absolute Gasteiger partial charge is 0.341 e. The highest BCUT2D eigenvalue weighted by atomic mass is 32.2. The first-order chi connectivity index (χ1) is 11.3. The van der Waals surface area contributed by atoms with Gasteiger partial charge in [0.2, 0.25) is 11.8 Å². The van der Waals surface area contributed by atoms with Crippen LogP contribution < -0.4 is 5.32 Å². The predicted octanol–water partition coefficient (Wildman–Crippen LogP) is 1.22. The highest BCUT2D eigenvalue weighted by Gasteiger charge is 2.50. The number of nitrogens with one attached hydrogen (secondary N) is 1. The molecule has 24 heavy (non-hydrogen) atoms. The van der Waals surface area contributed by atoms with Crippen molar-refractivity contribution >= 4 is 27.3 Å². The van der Waals surface area contributed by atoms with E-state index in [-0.39, 0.29) is 41.2 Å². The minimum Gasteiger partial charge on any atom is -0.341 e. The van der Waals surface area contributed by atoms with Crippen LogP contribution in [0.1, 0.15) is 18.4 Å². The van der Waals surface area contributed by atoms with Gasteiger partial charge in [-0.05, 0) is 37.5 Å². The topological polar surface area (TPSA) is 83.6 Å². The van der Waals surface area contributed by atoms with E-state index in [1.807, 2.05) is 31.2 Å². The number of rotatable bonds is 4. The molecule has 6 nitrogen and oxygen atoms in total. The lowest BCUT2D eigenvalue weighted by atomic mass is 10.2. The van der Waals surface area contributed by atoms with Crippen LogP contribution in [0.4, 0.5) is 5.69 Å². The number of carbonyl (C=O) groups is 2. The van der Waals surface area contributed by atoms with Crippen molar-refractivity contribution in [3.05, 3.63) is 29.8 Å². The Morgan fingerprint density at radius 1 is 1.25 bits per heavy atom. The Balaban J connectivity index is 1.56. The number of nitrogens with zero attached hydrogens (tertiary/aromatic N) is 1. The van der Waals surface area contributed by atoms with Crippen LogP contribution in [0.5, 0.6) is 0 Å². The van der Waals surface area contributed by atoms with Crippen LogP contribution in [0.15, 0.2) is 24.3 Å². The molecule has 1 saturated carbocycles. The standard InChI is InChI=1S/C17H22N2O4S/c1-11-4-3-5-12(8-11)18-16(20)14-9-15(14)17(21)19(2)13-6-7-24(22,23)10-13/h3-5,8,13-15H,6-7,9-10H2,1-2H3,(H,18,20). The number of benzene rings is 1. The molecule has 130 valence electrons. The maximum atomic E-state index is 12.5. The van der Waals surface area contributed by atoms with Crippen LogP contribution in [0.2, 0.25) is 0 Å². The molecule has 1 N–H and O–H groups in total. The van der Waals surface area contributed by atoms with Gasteiger partial charge in [-0.2, -0.15) is 0 Å². The fraction of sp³-hybridized carbons (Fsp3) is 0.529. The number of hydrogen-bond donors (Lipinski definition) is 1. The van der Waals surface area contributed by atoms with Crippen molar-refractivity contribution in [2.75, 3.05) is 23.9 Å². The Labute approximate surface area is 142 Å². The summed E-state index contributed by atoms with van der Waals surface area (Å²) in [7, 11) is -1.39. The summed E-state index contributed by atoms with van der Waals surface area (Å²) in [4.78, 5) is 26.3. The van der Waals surface area contributed by atoms with Crippen molar-refractivity contribution in [2.45, 2.75) is 25.8 Å². The second-order valence-electron chi connectivity index (χ2n) is 6.81. The first-order valence-corrected chi connectivity index (χ1v) is 9.93. The van der Waals surface area contributed by atoms with Gasteiger partial charge in [0.25, 0.3) is 0 Å². The van der Waals surface area contributed by atoms with Crippen LogP contribution in [-0.4, -0.2) is 49.7 Å². The van der Waals surface area contributed by atoms with E-state index in [9.17, 15) is 18.0 Å². The smallest absolute Gasteiger partial charge is 0.228 e. The molecule has 2 fully saturated rings.